The van der Waals surface area contributed by atoms with Crippen LogP contribution in [0.3, 0.4) is 0 Å². The summed E-state index contributed by atoms with van der Waals surface area (Å²) in [7, 11) is 0. The molecule has 2 rings (SSSR count). The summed E-state index contributed by atoms with van der Waals surface area (Å²) in [5.41, 5.74) is 10.6. The number of nitrogens with two attached hydrogens (primary N) is 1. The van der Waals surface area contributed by atoms with E-state index in [1.165, 1.54) is 16.7 Å². The number of hydrogen-bond acceptors (Lipinski definition) is 2. The van der Waals surface area contributed by atoms with E-state index in [1.54, 1.807) is 0 Å². The third kappa shape index (κ3) is 2.48. The minimum atomic E-state index is 0.566. The first-order valence-electron chi connectivity index (χ1n) is 5.98. The predicted octanol–water partition coefficient (Wildman–Crippen LogP) is 3.24. The standard InChI is InChI=1S/C15H18N2/c1-2-17-15-10-6-5-9-14(15)13-8-4-3-7-12(13)11-16/h3-10,17H,2,11,16H2,1H3. The first-order valence-corrected chi connectivity index (χ1v) is 5.98. The fourth-order valence-corrected chi connectivity index (χ4v) is 2.02. The Kier molecular flexibility index (Phi) is 3.78. The average Bonchev–Trinajstić information content (AvgIpc) is 2.40. The van der Waals surface area contributed by atoms with Gasteiger partial charge in [0.1, 0.15) is 0 Å². The van der Waals surface area contributed by atoms with Gasteiger partial charge in [-0.2, -0.15) is 0 Å². The highest BCUT2D eigenvalue weighted by atomic mass is 14.9. The first kappa shape index (κ1) is 11.7. The molecule has 0 aromatic heterocycles. The molecule has 0 amide bonds. The largest absolute Gasteiger partial charge is 0.385 e. The van der Waals surface area contributed by atoms with Gasteiger partial charge in [-0.15, -0.1) is 0 Å². The highest BCUT2D eigenvalue weighted by molar-refractivity contribution is 5.79. The average molecular weight is 226 g/mol. The lowest BCUT2D eigenvalue weighted by Gasteiger charge is -2.13. The van der Waals surface area contributed by atoms with Crippen LogP contribution in [0.4, 0.5) is 5.69 Å². The molecule has 0 bridgehead atoms. The Morgan fingerprint density at radius 1 is 0.941 bits per heavy atom. The topological polar surface area (TPSA) is 38.0 Å². The number of hydrogen-bond donors (Lipinski definition) is 2. The number of anilines is 1. The van der Waals surface area contributed by atoms with Gasteiger partial charge in [-0.25, -0.2) is 0 Å². The molecule has 0 aliphatic carbocycles. The lowest BCUT2D eigenvalue weighted by atomic mass is 9.98. The zero-order valence-corrected chi connectivity index (χ0v) is 10.1. The first-order chi connectivity index (χ1) is 8.36. The van der Waals surface area contributed by atoms with E-state index in [4.69, 9.17) is 5.73 Å². The van der Waals surface area contributed by atoms with Crippen LogP contribution in [0, 0.1) is 0 Å². The summed E-state index contributed by atoms with van der Waals surface area (Å²) in [5, 5.41) is 3.39. The monoisotopic (exact) mass is 226 g/mol. The highest BCUT2D eigenvalue weighted by Crippen LogP contribution is 2.30. The SMILES string of the molecule is CCNc1ccccc1-c1ccccc1CN. The second kappa shape index (κ2) is 5.51. The van der Waals surface area contributed by atoms with Crippen LogP contribution in [0.1, 0.15) is 12.5 Å². The van der Waals surface area contributed by atoms with Crippen LogP contribution in [0.25, 0.3) is 11.1 Å². The Labute approximate surface area is 102 Å². The van der Waals surface area contributed by atoms with Gasteiger partial charge >= 0.3 is 0 Å². The van der Waals surface area contributed by atoms with Crippen molar-refractivity contribution in [2.24, 2.45) is 5.73 Å². The lowest BCUT2D eigenvalue weighted by molar-refractivity contribution is 1.07. The molecule has 2 nitrogen and oxygen atoms in total. The van der Waals surface area contributed by atoms with Crippen LogP contribution >= 0.6 is 0 Å². The van der Waals surface area contributed by atoms with Gasteiger partial charge < -0.3 is 11.1 Å². The smallest absolute Gasteiger partial charge is 0.0419 e. The molecule has 2 heteroatoms. The van der Waals surface area contributed by atoms with E-state index in [0.717, 1.165) is 12.2 Å². The fraction of sp³-hybridized carbons (Fsp3) is 0.200. The molecule has 88 valence electrons. The minimum Gasteiger partial charge on any atom is -0.385 e. The molecule has 0 unspecified atom stereocenters. The van der Waals surface area contributed by atoms with Crippen molar-refractivity contribution in [3.05, 3.63) is 54.1 Å². The summed E-state index contributed by atoms with van der Waals surface area (Å²) in [6, 6.07) is 16.6. The van der Waals surface area contributed by atoms with Gasteiger partial charge in [0.2, 0.25) is 0 Å². The summed E-state index contributed by atoms with van der Waals surface area (Å²) in [4.78, 5) is 0. The third-order valence-electron chi connectivity index (χ3n) is 2.82. The van der Waals surface area contributed by atoms with Crippen molar-refractivity contribution in [1.29, 1.82) is 0 Å². The van der Waals surface area contributed by atoms with Crippen LogP contribution in [-0.4, -0.2) is 6.54 Å². The Morgan fingerprint density at radius 3 is 2.29 bits per heavy atom. The van der Waals surface area contributed by atoms with Gasteiger partial charge in [0.25, 0.3) is 0 Å². The van der Waals surface area contributed by atoms with E-state index >= 15 is 0 Å². The maximum absolute atomic E-state index is 5.79. The van der Waals surface area contributed by atoms with Gasteiger partial charge in [0, 0.05) is 24.3 Å². The Bertz CT molecular complexity index is 492. The molecular weight excluding hydrogens is 208 g/mol. The molecule has 2 aromatic carbocycles. The van der Waals surface area contributed by atoms with E-state index < -0.39 is 0 Å². The summed E-state index contributed by atoms with van der Waals surface area (Å²) >= 11 is 0. The van der Waals surface area contributed by atoms with Crippen molar-refractivity contribution in [3.8, 4) is 11.1 Å². The van der Waals surface area contributed by atoms with E-state index in [2.05, 4.69) is 48.6 Å². The van der Waals surface area contributed by atoms with E-state index in [9.17, 15) is 0 Å². The van der Waals surface area contributed by atoms with E-state index in [0.29, 0.717) is 6.54 Å². The summed E-state index contributed by atoms with van der Waals surface area (Å²) in [5.74, 6) is 0. The van der Waals surface area contributed by atoms with Gasteiger partial charge in [0.15, 0.2) is 0 Å². The number of para-hydroxylation sites is 1. The molecule has 0 aliphatic heterocycles. The van der Waals surface area contributed by atoms with Gasteiger partial charge in [-0.1, -0.05) is 42.5 Å². The normalized spacial score (nSPS) is 10.2. The molecule has 0 radical (unpaired) electrons. The van der Waals surface area contributed by atoms with Crippen molar-refractivity contribution < 1.29 is 0 Å². The molecule has 0 fully saturated rings. The third-order valence-corrected chi connectivity index (χ3v) is 2.82. The summed E-state index contributed by atoms with van der Waals surface area (Å²) in [6.07, 6.45) is 0. The fourth-order valence-electron chi connectivity index (χ4n) is 2.02. The Balaban J connectivity index is 2.52. The zero-order valence-electron chi connectivity index (χ0n) is 10.1. The molecule has 0 heterocycles. The van der Waals surface area contributed by atoms with E-state index in [1.807, 2.05) is 12.1 Å². The van der Waals surface area contributed by atoms with Crippen LogP contribution in [0.5, 0.6) is 0 Å². The maximum atomic E-state index is 5.79. The summed E-state index contributed by atoms with van der Waals surface area (Å²) < 4.78 is 0. The summed E-state index contributed by atoms with van der Waals surface area (Å²) in [6.45, 7) is 3.59. The Morgan fingerprint density at radius 2 is 1.59 bits per heavy atom. The van der Waals surface area contributed by atoms with Crippen molar-refractivity contribution >= 4 is 5.69 Å². The number of nitrogens with one attached hydrogen (secondary N) is 1. The predicted molar refractivity (Wildman–Crippen MR) is 73.9 cm³/mol. The van der Waals surface area contributed by atoms with Crippen molar-refractivity contribution in [2.45, 2.75) is 13.5 Å². The van der Waals surface area contributed by atoms with Gasteiger partial charge in [0.05, 0.1) is 0 Å². The molecule has 0 atom stereocenters. The Hall–Kier alpha value is -1.80. The molecular formula is C15H18N2. The minimum absolute atomic E-state index is 0.566. The van der Waals surface area contributed by atoms with Gasteiger partial charge in [-0.05, 0) is 24.1 Å². The number of benzene rings is 2. The molecule has 0 saturated heterocycles. The maximum Gasteiger partial charge on any atom is 0.0419 e. The molecule has 0 saturated carbocycles. The zero-order chi connectivity index (χ0) is 12.1. The van der Waals surface area contributed by atoms with Crippen LogP contribution < -0.4 is 11.1 Å². The molecule has 0 aliphatic rings. The van der Waals surface area contributed by atoms with Crippen molar-refractivity contribution in [2.75, 3.05) is 11.9 Å². The molecule has 0 spiro atoms. The quantitative estimate of drug-likeness (QED) is 0.840. The molecule has 17 heavy (non-hydrogen) atoms. The van der Waals surface area contributed by atoms with Crippen LogP contribution in [0.15, 0.2) is 48.5 Å². The lowest BCUT2D eigenvalue weighted by Crippen LogP contribution is -2.02. The number of rotatable bonds is 4. The van der Waals surface area contributed by atoms with Crippen LogP contribution in [-0.2, 0) is 6.54 Å². The molecule has 3 N–H and O–H groups in total. The highest BCUT2D eigenvalue weighted by Gasteiger charge is 2.06. The molecule has 2 aromatic rings. The van der Waals surface area contributed by atoms with E-state index in [-0.39, 0.29) is 0 Å². The van der Waals surface area contributed by atoms with Crippen molar-refractivity contribution in [3.63, 3.8) is 0 Å². The van der Waals surface area contributed by atoms with Crippen molar-refractivity contribution in [1.82, 2.24) is 0 Å². The van der Waals surface area contributed by atoms with Gasteiger partial charge in [-0.3, -0.25) is 0 Å². The second-order valence-corrected chi connectivity index (χ2v) is 3.94. The second-order valence-electron chi connectivity index (χ2n) is 3.94. The van der Waals surface area contributed by atoms with Crippen LogP contribution in [0.2, 0.25) is 0 Å².